The van der Waals surface area contributed by atoms with Gasteiger partial charge in [0.15, 0.2) is 5.82 Å². The third-order valence-corrected chi connectivity index (χ3v) is 5.87. The van der Waals surface area contributed by atoms with Gasteiger partial charge in [0.2, 0.25) is 5.91 Å². The van der Waals surface area contributed by atoms with Crippen LogP contribution in [-0.2, 0) is 23.9 Å². The zero-order valence-electron chi connectivity index (χ0n) is 18.7. The van der Waals surface area contributed by atoms with Crippen molar-refractivity contribution in [2.75, 3.05) is 26.2 Å². The second kappa shape index (κ2) is 10.3. The highest BCUT2D eigenvalue weighted by Crippen LogP contribution is 2.30. The lowest BCUT2D eigenvalue weighted by atomic mass is 10.1. The summed E-state index contributed by atoms with van der Waals surface area (Å²) in [6.45, 7) is 3.15. The number of hydrogen-bond acceptors (Lipinski definition) is 5. The van der Waals surface area contributed by atoms with Crippen LogP contribution in [0.5, 0.6) is 0 Å². The summed E-state index contributed by atoms with van der Waals surface area (Å²) in [5, 5.41) is 7.79. The van der Waals surface area contributed by atoms with Crippen molar-refractivity contribution in [1.82, 2.24) is 25.0 Å². The summed E-state index contributed by atoms with van der Waals surface area (Å²) >= 11 is 0. The minimum absolute atomic E-state index is 0.0519. The van der Waals surface area contributed by atoms with Crippen LogP contribution in [0.15, 0.2) is 53.3 Å². The maximum Gasteiger partial charge on any atom is 0.416 e. The first kappa shape index (κ1) is 24.5. The number of rotatable bonds is 6. The number of nitrogens with zero attached hydrogens (tertiary/aromatic N) is 4. The van der Waals surface area contributed by atoms with Crippen LogP contribution in [0.3, 0.4) is 0 Å². The number of amides is 1. The predicted molar refractivity (Wildman–Crippen MR) is 120 cm³/mol. The molecule has 35 heavy (non-hydrogen) atoms. The fourth-order valence-electron chi connectivity index (χ4n) is 3.86. The highest BCUT2D eigenvalue weighted by atomic mass is 19.4. The molecule has 1 fully saturated rings. The van der Waals surface area contributed by atoms with Gasteiger partial charge < -0.3 is 9.88 Å². The molecule has 1 N–H and O–H groups in total. The van der Waals surface area contributed by atoms with Gasteiger partial charge in [0, 0.05) is 51.1 Å². The van der Waals surface area contributed by atoms with Gasteiger partial charge in [-0.25, -0.2) is 4.39 Å². The monoisotopic (exact) mass is 489 g/mol. The number of aromatic nitrogens is 3. The van der Waals surface area contributed by atoms with E-state index in [4.69, 9.17) is 0 Å². The minimum Gasteiger partial charge on any atom is -0.340 e. The Hall–Kier alpha value is -3.60. The average molecular weight is 489 g/mol. The maximum atomic E-state index is 13.1. The van der Waals surface area contributed by atoms with Crippen molar-refractivity contribution in [2.45, 2.75) is 25.6 Å². The van der Waals surface area contributed by atoms with Crippen LogP contribution in [0.25, 0.3) is 11.4 Å². The van der Waals surface area contributed by atoms with E-state index in [9.17, 15) is 27.2 Å². The molecule has 1 saturated heterocycles. The van der Waals surface area contributed by atoms with Crippen LogP contribution in [0, 0.1) is 5.82 Å². The summed E-state index contributed by atoms with van der Waals surface area (Å²) in [6, 6.07) is 10.6. The molecule has 0 unspecified atom stereocenters. The highest BCUT2D eigenvalue weighted by molar-refractivity contribution is 5.76. The zero-order chi connectivity index (χ0) is 25.0. The van der Waals surface area contributed by atoms with Crippen LogP contribution in [0.2, 0.25) is 0 Å². The lowest BCUT2D eigenvalue weighted by Crippen LogP contribution is -2.48. The molecule has 2 heterocycles. The number of hydrogen-bond donors (Lipinski definition) is 1. The van der Waals surface area contributed by atoms with Crippen LogP contribution in [0.1, 0.15) is 23.2 Å². The normalized spacial score (nSPS) is 14.8. The summed E-state index contributed by atoms with van der Waals surface area (Å²) in [7, 11) is 0. The van der Waals surface area contributed by atoms with Gasteiger partial charge >= 0.3 is 6.18 Å². The van der Waals surface area contributed by atoms with E-state index in [2.05, 4.69) is 20.1 Å². The molecule has 7 nitrogen and oxygen atoms in total. The predicted octanol–water partition coefficient (Wildman–Crippen LogP) is 3.27. The zero-order valence-corrected chi connectivity index (χ0v) is 18.7. The lowest BCUT2D eigenvalue weighted by molar-refractivity contribution is -0.137. The Morgan fingerprint density at radius 1 is 0.943 bits per heavy atom. The molecule has 0 bridgehead atoms. The highest BCUT2D eigenvalue weighted by Gasteiger charge is 2.30. The van der Waals surface area contributed by atoms with E-state index in [1.807, 2.05) is 0 Å². The summed E-state index contributed by atoms with van der Waals surface area (Å²) in [5.74, 6) is -0.322. The molecule has 11 heteroatoms. The number of aromatic amines is 1. The third-order valence-electron chi connectivity index (χ3n) is 5.87. The first-order valence-corrected chi connectivity index (χ1v) is 11.1. The summed E-state index contributed by atoms with van der Waals surface area (Å²) in [4.78, 5) is 31.4. The van der Waals surface area contributed by atoms with Gasteiger partial charge in [-0.15, -0.1) is 10.2 Å². The Bertz CT molecular complexity index is 1220. The molecule has 1 aliphatic rings. The topological polar surface area (TPSA) is 82.2 Å². The van der Waals surface area contributed by atoms with Gasteiger partial charge in [0.05, 0.1) is 5.56 Å². The number of H-pyrrole nitrogens is 1. The molecule has 0 radical (unpaired) electrons. The van der Waals surface area contributed by atoms with E-state index in [0.717, 1.165) is 17.7 Å². The van der Waals surface area contributed by atoms with Gasteiger partial charge in [0.1, 0.15) is 11.5 Å². The molecule has 184 valence electrons. The maximum absolute atomic E-state index is 13.1. The lowest BCUT2D eigenvalue weighted by Gasteiger charge is -2.34. The fourth-order valence-corrected chi connectivity index (χ4v) is 3.86. The number of aryl methyl sites for hydroxylation is 1. The average Bonchev–Trinajstić information content (AvgIpc) is 2.84. The van der Waals surface area contributed by atoms with E-state index in [1.54, 1.807) is 17.0 Å². The van der Waals surface area contributed by atoms with Gasteiger partial charge in [-0.1, -0.05) is 24.3 Å². The van der Waals surface area contributed by atoms with Crippen LogP contribution in [0.4, 0.5) is 17.6 Å². The van der Waals surface area contributed by atoms with Crippen molar-refractivity contribution in [3.05, 3.63) is 81.5 Å². The molecular formula is C24H23F4N5O2. The molecule has 1 amide bonds. The molecule has 1 aromatic heterocycles. The van der Waals surface area contributed by atoms with E-state index < -0.39 is 17.3 Å². The Balaban J connectivity index is 1.28. The van der Waals surface area contributed by atoms with Gasteiger partial charge in [-0.05, 0) is 29.8 Å². The summed E-state index contributed by atoms with van der Waals surface area (Å²) < 4.78 is 51.2. The van der Waals surface area contributed by atoms with Gasteiger partial charge in [0.25, 0.3) is 5.56 Å². The molecule has 2 aromatic carbocycles. The first-order valence-electron chi connectivity index (χ1n) is 11.1. The van der Waals surface area contributed by atoms with Crippen molar-refractivity contribution < 1.29 is 22.4 Å². The van der Waals surface area contributed by atoms with Crippen molar-refractivity contribution >= 4 is 5.91 Å². The quantitative estimate of drug-likeness (QED) is 0.538. The molecule has 0 saturated carbocycles. The number of halogens is 4. The van der Waals surface area contributed by atoms with Crippen molar-refractivity contribution in [2.24, 2.45) is 0 Å². The Labute approximate surface area is 198 Å². The van der Waals surface area contributed by atoms with Crippen molar-refractivity contribution in [1.29, 1.82) is 0 Å². The fraction of sp³-hybridized carbons (Fsp3) is 0.333. The Morgan fingerprint density at radius 3 is 2.20 bits per heavy atom. The molecule has 0 aliphatic carbocycles. The number of benzene rings is 2. The standard InChI is InChI=1S/C24H23F4N5O2/c25-19-7-1-16(2-8-19)15-32-11-13-33(14-12-32)21(34)10-9-20-23(35)29-22(31-30-20)17-3-5-18(6-4-17)24(26,27)28/h1-8H,9-15H2,(H,29,31,35). The second-order valence-electron chi connectivity index (χ2n) is 8.31. The van der Waals surface area contributed by atoms with Gasteiger partial charge in [-0.3, -0.25) is 14.5 Å². The van der Waals surface area contributed by atoms with Crippen molar-refractivity contribution in [3.63, 3.8) is 0 Å². The van der Waals surface area contributed by atoms with Crippen LogP contribution >= 0.6 is 0 Å². The molecule has 4 rings (SSSR count). The first-order chi connectivity index (χ1) is 16.7. The summed E-state index contributed by atoms with van der Waals surface area (Å²) in [6.07, 6.45) is -4.26. The smallest absolute Gasteiger partial charge is 0.340 e. The molecule has 3 aromatic rings. The largest absolute Gasteiger partial charge is 0.416 e. The van der Waals surface area contributed by atoms with E-state index in [-0.39, 0.29) is 36.1 Å². The third kappa shape index (κ3) is 6.30. The molecular weight excluding hydrogens is 466 g/mol. The van der Waals surface area contributed by atoms with Crippen molar-refractivity contribution in [3.8, 4) is 11.4 Å². The number of piperazine rings is 1. The van der Waals surface area contributed by atoms with E-state index in [1.165, 1.54) is 24.3 Å². The van der Waals surface area contributed by atoms with Gasteiger partial charge in [-0.2, -0.15) is 13.2 Å². The van der Waals surface area contributed by atoms with Crippen LogP contribution < -0.4 is 5.56 Å². The molecule has 1 aliphatic heterocycles. The minimum atomic E-state index is -4.46. The number of carbonyl (C=O) groups excluding carboxylic acids is 1. The Morgan fingerprint density at radius 2 is 1.60 bits per heavy atom. The number of alkyl halides is 3. The second-order valence-corrected chi connectivity index (χ2v) is 8.31. The Kier molecular flexibility index (Phi) is 7.25. The van der Waals surface area contributed by atoms with Crippen LogP contribution in [-0.4, -0.2) is 57.1 Å². The van der Waals surface area contributed by atoms with E-state index >= 15 is 0 Å². The summed E-state index contributed by atoms with van der Waals surface area (Å²) in [5.41, 5.74) is 0.0474. The SMILES string of the molecule is O=C(CCc1nnc(-c2ccc(C(F)(F)F)cc2)[nH]c1=O)N1CCN(Cc2ccc(F)cc2)CC1. The van der Waals surface area contributed by atoms with E-state index in [0.29, 0.717) is 38.3 Å². The molecule has 0 atom stereocenters. The number of carbonyl (C=O) groups is 1. The number of nitrogens with one attached hydrogen (secondary N) is 1. The molecule has 0 spiro atoms.